The number of hydrogen-bond acceptors (Lipinski definition) is 7. The van der Waals surface area contributed by atoms with Crippen molar-refractivity contribution in [2.45, 2.75) is 31.5 Å². The zero-order valence-electron chi connectivity index (χ0n) is 17.5. The van der Waals surface area contributed by atoms with Gasteiger partial charge in [-0.1, -0.05) is 6.07 Å². The van der Waals surface area contributed by atoms with Crippen molar-refractivity contribution in [1.82, 2.24) is 4.90 Å². The Labute approximate surface area is 191 Å². The van der Waals surface area contributed by atoms with Gasteiger partial charge in [-0.15, -0.1) is 0 Å². The summed E-state index contributed by atoms with van der Waals surface area (Å²) in [6.07, 6.45) is -1.72. The van der Waals surface area contributed by atoms with Gasteiger partial charge in [0.25, 0.3) is 0 Å². The summed E-state index contributed by atoms with van der Waals surface area (Å²) in [5.41, 5.74) is -0.277. The van der Waals surface area contributed by atoms with E-state index in [1.54, 1.807) is 0 Å². The van der Waals surface area contributed by atoms with Crippen LogP contribution in [-0.4, -0.2) is 51.6 Å². The highest BCUT2D eigenvalue weighted by atomic mass is 79.9. The van der Waals surface area contributed by atoms with Gasteiger partial charge in [-0.3, -0.25) is 4.79 Å². The lowest BCUT2D eigenvalue weighted by molar-refractivity contribution is 0.0630. The second-order valence-corrected chi connectivity index (χ2v) is 9.09. The molecule has 0 saturated carbocycles. The molecule has 0 bridgehead atoms. The molecule has 3 atom stereocenters. The molecule has 0 aliphatic carbocycles. The van der Waals surface area contributed by atoms with Gasteiger partial charge < -0.3 is 29.7 Å². The maximum atomic E-state index is 13.6. The van der Waals surface area contributed by atoms with Crippen LogP contribution in [0.25, 0.3) is 11.0 Å². The number of rotatable bonds is 3. The number of phenols is 2. The van der Waals surface area contributed by atoms with Gasteiger partial charge in [-0.25, -0.2) is 4.39 Å². The van der Waals surface area contributed by atoms with Crippen LogP contribution in [0.1, 0.15) is 40.9 Å². The van der Waals surface area contributed by atoms with Crippen LogP contribution in [0.5, 0.6) is 11.5 Å². The fourth-order valence-corrected chi connectivity index (χ4v) is 4.82. The number of likely N-dealkylation sites (tertiary alicyclic amines) is 1. The Kier molecular flexibility index (Phi) is 6.02. The van der Waals surface area contributed by atoms with Gasteiger partial charge in [0.05, 0.1) is 16.1 Å². The molecule has 170 valence electrons. The Morgan fingerprint density at radius 2 is 1.97 bits per heavy atom. The molecule has 7 nitrogen and oxygen atoms in total. The Morgan fingerprint density at radius 3 is 2.62 bits per heavy atom. The molecule has 1 aromatic heterocycles. The van der Waals surface area contributed by atoms with Crippen LogP contribution in [0.15, 0.2) is 37.9 Å². The lowest BCUT2D eigenvalue weighted by Gasteiger charge is -2.34. The first-order chi connectivity index (χ1) is 15.1. The summed E-state index contributed by atoms with van der Waals surface area (Å²) in [6.45, 7) is 2.54. The van der Waals surface area contributed by atoms with E-state index in [0.29, 0.717) is 19.5 Å². The van der Waals surface area contributed by atoms with Crippen LogP contribution in [0.4, 0.5) is 4.39 Å². The van der Waals surface area contributed by atoms with Crippen molar-refractivity contribution >= 4 is 26.9 Å². The SMILES string of the molecule is Cc1oc2c(C3CCN(C)CC3O)c(O)cc(O)c2c(=O)c1C(O)c1ccc(F)c(Br)c1. The van der Waals surface area contributed by atoms with E-state index in [0.717, 1.165) is 12.1 Å². The number of likely N-dealkylation sites (N-methyl/N-ethyl adjacent to an activating group) is 1. The normalized spacial score (nSPS) is 20.6. The molecule has 1 aliphatic heterocycles. The van der Waals surface area contributed by atoms with Crippen LogP contribution in [0.2, 0.25) is 0 Å². The molecule has 4 rings (SSSR count). The molecule has 3 aromatic rings. The van der Waals surface area contributed by atoms with Crippen molar-refractivity contribution in [1.29, 1.82) is 0 Å². The van der Waals surface area contributed by atoms with E-state index in [1.807, 2.05) is 11.9 Å². The van der Waals surface area contributed by atoms with Crippen molar-refractivity contribution < 1.29 is 29.2 Å². The predicted molar refractivity (Wildman–Crippen MR) is 120 cm³/mol. The second-order valence-electron chi connectivity index (χ2n) is 8.23. The van der Waals surface area contributed by atoms with Gasteiger partial charge in [0.15, 0.2) is 0 Å². The van der Waals surface area contributed by atoms with E-state index in [-0.39, 0.29) is 43.6 Å². The molecule has 2 heterocycles. The number of aryl methyl sites for hydroxylation is 1. The topological polar surface area (TPSA) is 114 Å². The van der Waals surface area contributed by atoms with Crippen molar-refractivity contribution in [3.63, 3.8) is 0 Å². The largest absolute Gasteiger partial charge is 0.507 e. The summed E-state index contributed by atoms with van der Waals surface area (Å²) in [6, 6.07) is 4.93. The summed E-state index contributed by atoms with van der Waals surface area (Å²) in [5.74, 6) is -1.70. The standard InChI is InChI=1S/C23H23BrFNO6/c1-10-18(21(30)11-3-4-14(25)13(24)7-11)22(31)20-16(28)8-15(27)19(23(20)32-10)12-5-6-26(2)9-17(12)29/h3-4,7-8,12,17,21,27-30H,5-6,9H2,1-2H3. The maximum absolute atomic E-state index is 13.6. The molecule has 2 aromatic carbocycles. The van der Waals surface area contributed by atoms with Crippen LogP contribution in [0, 0.1) is 12.7 Å². The highest BCUT2D eigenvalue weighted by Gasteiger charge is 2.34. The molecular formula is C23H23BrFNO6. The fourth-order valence-electron chi connectivity index (χ4n) is 4.43. The van der Waals surface area contributed by atoms with Gasteiger partial charge >= 0.3 is 0 Å². The Morgan fingerprint density at radius 1 is 1.25 bits per heavy atom. The third kappa shape index (κ3) is 3.79. The number of nitrogens with zero attached hydrogens (tertiary/aromatic N) is 1. The summed E-state index contributed by atoms with van der Waals surface area (Å²) in [4.78, 5) is 15.4. The first kappa shape index (κ1) is 22.7. The molecule has 32 heavy (non-hydrogen) atoms. The van der Waals surface area contributed by atoms with Crippen molar-refractivity contribution in [3.8, 4) is 11.5 Å². The van der Waals surface area contributed by atoms with Crippen molar-refractivity contribution in [2.75, 3.05) is 20.1 Å². The van der Waals surface area contributed by atoms with Gasteiger partial charge in [0.2, 0.25) is 5.43 Å². The number of aliphatic hydroxyl groups is 2. The van der Waals surface area contributed by atoms with E-state index in [9.17, 15) is 29.6 Å². The minimum absolute atomic E-state index is 0.0187. The van der Waals surface area contributed by atoms with Crippen molar-refractivity contribution in [2.24, 2.45) is 0 Å². The smallest absolute Gasteiger partial charge is 0.202 e. The molecule has 1 saturated heterocycles. The lowest BCUT2D eigenvalue weighted by Crippen LogP contribution is -2.40. The molecule has 9 heteroatoms. The maximum Gasteiger partial charge on any atom is 0.202 e. The quantitative estimate of drug-likeness (QED) is 0.430. The summed E-state index contributed by atoms with van der Waals surface area (Å²) < 4.78 is 19.6. The van der Waals surface area contributed by atoms with Gasteiger partial charge in [0, 0.05) is 24.1 Å². The highest BCUT2D eigenvalue weighted by Crippen LogP contribution is 2.42. The molecule has 1 fully saturated rings. The number of benzene rings is 2. The number of piperidine rings is 1. The number of halogens is 2. The number of phenolic OH excluding ortho intramolecular Hbond substituents is 2. The lowest BCUT2D eigenvalue weighted by atomic mass is 9.85. The zero-order valence-corrected chi connectivity index (χ0v) is 19.1. The van der Waals surface area contributed by atoms with Gasteiger partial charge in [-0.2, -0.15) is 0 Å². The Hall–Kier alpha value is -2.46. The minimum atomic E-state index is -1.43. The van der Waals surface area contributed by atoms with E-state index in [4.69, 9.17) is 4.42 Å². The van der Waals surface area contributed by atoms with Gasteiger partial charge in [0.1, 0.15) is 40.1 Å². The second kappa shape index (κ2) is 8.47. The summed E-state index contributed by atoms with van der Waals surface area (Å²) in [7, 11) is 1.87. The first-order valence-electron chi connectivity index (χ1n) is 10.1. The summed E-state index contributed by atoms with van der Waals surface area (Å²) in [5, 5.41) is 42.4. The average Bonchev–Trinajstić information content (AvgIpc) is 2.70. The predicted octanol–water partition coefficient (Wildman–Crippen LogP) is 3.28. The van der Waals surface area contributed by atoms with Crippen LogP contribution < -0.4 is 5.43 Å². The van der Waals surface area contributed by atoms with Crippen LogP contribution in [-0.2, 0) is 0 Å². The van der Waals surface area contributed by atoms with Crippen LogP contribution in [0.3, 0.4) is 0 Å². The monoisotopic (exact) mass is 507 g/mol. The molecule has 3 unspecified atom stereocenters. The molecule has 0 radical (unpaired) electrons. The van der Waals surface area contributed by atoms with E-state index >= 15 is 0 Å². The molecule has 0 spiro atoms. The van der Waals surface area contributed by atoms with E-state index in [2.05, 4.69) is 15.9 Å². The third-order valence-electron chi connectivity index (χ3n) is 6.07. The number of β-amino-alcohol motifs (C(OH)–C–C–N with tert-alkyl or cyclic N) is 1. The zero-order chi connectivity index (χ0) is 23.3. The fraction of sp³-hybridized carbons (Fsp3) is 0.348. The van der Waals surface area contributed by atoms with Crippen LogP contribution >= 0.6 is 15.9 Å². The number of aliphatic hydroxyl groups excluding tert-OH is 2. The van der Waals surface area contributed by atoms with E-state index in [1.165, 1.54) is 19.1 Å². The molecule has 4 N–H and O–H groups in total. The Bertz CT molecular complexity index is 1260. The molecule has 1 aliphatic rings. The third-order valence-corrected chi connectivity index (χ3v) is 6.68. The average molecular weight is 508 g/mol. The number of fused-ring (bicyclic) bond motifs is 1. The highest BCUT2D eigenvalue weighted by molar-refractivity contribution is 9.10. The van der Waals surface area contributed by atoms with Crippen molar-refractivity contribution in [3.05, 3.63) is 67.2 Å². The minimum Gasteiger partial charge on any atom is -0.507 e. The Balaban J connectivity index is 1.92. The first-order valence-corrected chi connectivity index (χ1v) is 10.9. The molecular weight excluding hydrogens is 485 g/mol. The number of hydrogen-bond donors (Lipinski definition) is 4. The van der Waals surface area contributed by atoms with E-state index < -0.39 is 35.1 Å². The van der Waals surface area contributed by atoms with Gasteiger partial charge in [-0.05, 0) is 60.6 Å². The number of aromatic hydroxyl groups is 2. The summed E-state index contributed by atoms with van der Waals surface area (Å²) >= 11 is 3.06. The molecule has 0 amide bonds.